The Morgan fingerprint density at radius 1 is 1.17 bits per heavy atom. The van der Waals surface area contributed by atoms with E-state index < -0.39 is 0 Å². The van der Waals surface area contributed by atoms with E-state index in [2.05, 4.69) is 34.3 Å². The maximum Gasteiger partial charge on any atom is 0.161 e. The van der Waals surface area contributed by atoms with Gasteiger partial charge in [0.05, 0.1) is 0 Å². The van der Waals surface area contributed by atoms with Crippen LogP contribution in [0.15, 0.2) is 48.8 Å². The molecule has 1 heterocycles. The van der Waals surface area contributed by atoms with E-state index in [0.717, 1.165) is 16.8 Å². The van der Waals surface area contributed by atoms with Crippen molar-refractivity contribution >= 4 is 5.69 Å². The molecule has 0 aliphatic heterocycles. The summed E-state index contributed by atoms with van der Waals surface area (Å²) in [5.74, 6) is 0.862. The van der Waals surface area contributed by atoms with Crippen LogP contribution in [-0.2, 0) is 6.54 Å². The van der Waals surface area contributed by atoms with Crippen LogP contribution in [0.3, 0.4) is 0 Å². The fourth-order valence-electron chi connectivity index (χ4n) is 2.39. The van der Waals surface area contributed by atoms with Gasteiger partial charge in [-0.1, -0.05) is 38.1 Å². The van der Waals surface area contributed by atoms with Crippen LogP contribution >= 0.6 is 0 Å². The Labute approximate surface area is 134 Å². The minimum atomic E-state index is -0.171. The van der Waals surface area contributed by atoms with Crippen LogP contribution in [0, 0.1) is 5.82 Å². The van der Waals surface area contributed by atoms with Gasteiger partial charge in [-0.05, 0) is 29.7 Å². The fraction of sp³-hybridized carbons (Fsp3) is 0.222. The molecular weight excluding hydrogens is 291 g/mol. The highest BCUT2D eigenvalue weighted by Gasteiger charge is 2.07. The Hall–Kier alpha value is -2.69. The number of nitrogens with one attached hydrogen (secondary N) is 2. The molecular formula is C18H19FN4. The number of halogens is 1. The Morgan fingerprint density at radius 2 is 2.04 bits per heavy atom. The molecule has 118 valence electrons. The van der Waals surface area contributed by atoms with Gasteiger partial charge in [-0.25, -0.2) is 4.39 Å². The zero-order chi connectivity index (χ0) is 16.2. The second-order valence-corrected chi connectivity index (χ2v) is 5.78. The monoisotopic (exact) mass is 310 g/mol. The molecule has 0 unspecified atom stereocenters. The topological polar surface area (TPSA) is 53.6 Å². The van der Waals surface area contributed by atoms with Crippen LogP contribution in [-0.4, -0.2) is 15.2 Å². The predicted molar refractivity (Wildman–Crippen MR) is 89.6 cm³/mol. The van der Waals surface area contributed by atoms with Crippen LogP contribution in [0.4, 0.5) is 10.1 Å². The molecule has 0 amide bonds. The molecule has 0 atom stereocenters. The lowest BCUT2D eigenvalue weighted by molar-refractivity contribution is 0.608. The van der Waals surface area contributed by atoms with Gasteiger partial charge < -0.3 is 10.3 Å². The molecule has 0 radical (unpaired) electrons. The summed E-state index contributed by atoms with van der Waals surface area (Å²) in [6.45, 7) is 4.55. The molecule has 0 saturated heterocycles. The first-order valence-corrected chi connectivity index (χ1v) is 7.62. The number of hydrogen-bond donors (Lipinski definition) is 2. The smallest absolute Gasteiger partial charge is 0.161 e. The molecule has 0 saturated carbocycles. The van der Waals surface area contributed by atoms with Gasteiger partial charge in [-0.15, -0.1) is 10.2 Å². The Morgan fingerprint density at radius 3 is 2.74 bits per heavy atom. The summed E-state index contributed by atoms with van der Waals surface area (Å²) < 4.78 is 14.2. The van der Waals surface area contributed by atoms with E-state index in [-0.39, 0.29) is 5.82 Å². The summed E-state index contributed by atoms with van der Waals surface area (Å²) in [5.41, 5.74) is 3.51. The average molecular weight is 310 g/mol. The van der Waals surface area contributed by atoms with Crippen molar-refractivity contribution in [3.05, 3.63) is 65.7 Å². The number of nitrogens with zero attached hydrogens (tertiary/aromatic N) is 2. The Bertz CT molecular complexity index is 781. The SMILES string of the molecule is CC(C)c1ccc(CNc2cccc(-c3nnc[nH]3)c2)c(F)c1. The summed E-state index contributed by atoms with van der Waals surface area (Å²) in [6, 6.07) is 13.2. The first-order chi connectivity index (χ1) is 11.1. The van der Waals surface area contributed by atoms with Gasteiger partial charge >= 0.3 is 0 Å². The number of H-pyrrole nitrogens is 1. The molecule has 2 aromatic carbocycles. The van der Waals surface area contributed by atoms with Crippen molar-refractivity contribution in [2.45, 2.75) is 26.3 Å². The van der Waals surface area contributed by atoms with Gasteiger partial charge in [0.25, 0.3) is 0 Å². The van der Waals surface area contributed by atoms with Gasteiger partial charge in [0, 0.05) is 23.4 Å². The van der Waals surface area contributed by atoms with Gasteiger partial charge in [0.15, 0.2) is 5.82 Å². The van der Waals surface area contributed by atoms with E-state index in [1.54, 1.807) is 12.4 Å². The summed E-state index contributed by atoms with van der Waals surface area (Å²) >= 11 is 0. The Balaban J connectivity index is 1.72. The number of aromatic amines is 1. The Kier molecular flexibility index (Phi) is 4.37. The van der Waals surface area contributed by atoms with Crippen LogP contribution in [0.5, 0.6) is 0 Å². The van der Waals surface area contributed by atoms with Crippen molar-refractivity contribution in [3.8, 4) is 11.4 Å². The van der Waals surface area contributed by atoms with Gasteiger partial charge in [0.1, 0.15) is 12.1 Å². The lowest BCUT2D eigenvalue weighted by Gasteiger charge is -2.11. The standard InChI is InChI=1S/C18H19FN4/c1-12(2)13-6-7-15(17(19)9-13)10-20-16-5-3-4-14(8-16)18-21-11-22-23-18/h3-9,11-12,20H,10H2,1-2H3,(H,21,22,23). The molecule has 0 fully saturated rings. The minimum Gasteiger partial charge on any atom is -0.381 e. The molecule has 3 rings (SSSR count). The van der Waals surface area contributed by atoms with Crippen molar-refractivity contribution in [1.82, 2.24) is 15.2 Å². The van der Waals surface area contributed by atoms with E-state index >= 15 is 0 Å². The minimum absolute atomic E-state index is 0.171. The largest absolute Gasteiger partial charge is 0.381 e. The number of hydrogen-bond acceptors (Lipinski definition) is 3. The maximum absolute atomic E-state index is 14.2. The molecule has 3 aromatic rings. The second-order valence-electron chi connectivity index (χ2n) is 5.78. The number of benzene rings is 2. The number of rotatable bonds is 5. The van der Waals surface area contributed by atoms with Crippen molar-refractivity contribution in [1.29, 1.82) is 0 Å². The third-order valence-corrected chi connectivity index (χ3v) is 3.78. The molecule has 0 spiro atoms. The summed E-state index contributed by atoms with van der Waals surface area (Å²) in [5, 5.41) is 11.0. The van der Waals surface area contributed by atoms with E-state index in [9.17, 15) is 4.39 Å². The van der Waals surface area contributed by atoms with Crippen molar-refractivity contribution < 1.29 is 4.39 Å². The average Bonchev–Trinajstić information content (AvgIpc) is 3.08. The van der Waals surface area contributed by atoms with Gasteiger partial charge in [0.2, 0.25) is 0 Å². The normalized spacial score (nSPS) is 11.0. The van der Waals surface area contributed by atoms with Crippen molar-refractivity contribution in [2.75, 3.05) is 5.32 Å². The molecule has 5 heteroatoms. The van der Waals surface area contributed by atoms with Crippen LogP contribution in [0.25, 0.3) is 11.4 Å². The zero-order valence-electron chi connectivity index (χ0n) is 13.2. The van der Waals surface area contributed by atoms with Gasteiger partial charge in [-0.3, -0.25) is 0 Å². The third-order valence-electron chi connectivity index (χ3n) is 3.78. The molecule has 0 bridgehead atoms. The summed E-state index contributed by atoms with van der Waals surface area (Å²) in [7, 11) is 0. The number of aromatic nitrogens is 3. The van der Waals surface area contributed by atoms with Crippen molar-refractivity contribution in [3.63, 3.8) is 0 Å². The molecule has 4 nitrogen and oxygen atoms in total. The predicted octanol–water partition coefficient (Wildman–Crippen LogP) is 4.35. The van der Waals surface area contributed by atoms with Crippen LogP contribution < -0.4 is 5.32 Å². The van der Waals surface area contributed by atoms with E-state index in [0.29, 0.717) is 23.9 Å². The zero-order valence-corrected chi connectivity index (χ0v) is 13.2. The molecule has 1 aromatic heterocycles. The lowest BCUT2D eigenvalue weighted by Crippen LogP contribution is -2.03. The van der Waals surface area contributed by atoms with Crippen LogP contribution in [0.1, 0.15) is 30.9 Å². The van der Waals surface area contributed by atoms with Crippen LogP contribution in [0.2, 0.25) is 0 Å². The molecule has 2 N–H and O–H groups in total. The quantitative estimate of drug-likeness (QED) is 0.737. The molecule has 0 aliphatic rings. The second kappa shape index (κ2) is 6.60. The van der Waals surface area contributed by atoms with Gasteiger partial charge in [-0.2, -0.15) is 0 Å². The summed E-state index contributed by atoms with van der Waals surface area (Å²) in [4.78, 5) is 2.97. The summed E-state index contributed by atoms with van der Waals surface area (Å²) in [6.07, 6.45) is 1.54. The first-order valence-electron chi connectivity index (χ1n) is 7.62. The maximum atomic E-state index is 14.2. The highest BCUT2D eigenvalue weighted by Crippen LogP contribution is 2.21. The van der Waals surface area contributed by atoms with E-state index in [1.165, 1.54) is 0 Å². The molecule has 0 aliphatic carbocycles. The highest BCUT2D eigenvalue weighted by molar-refractivity contribution is 5.62. The fourth-order valence-corrected chi connectivity index (χ4v) is 2.39. The molecule has 23 heavy (non-hydrogen) atoms. The lowest BCUT2D eigenvalue weighted by atomic mass is 10.0. The third kappa shape index (κ3) is 3.56. The highest BCUT2D eigenvalue weighted by atomic mass is 19.1. The van der Waals surface area contributed by atoms with Crippen molar-refractivity contribution in [2.24, 2.45) is 0 Å². The van der Waals surface area contributed by atoms with E-state index in [1.807, 2.05) is 36.4 Å². The van der Waals surface area contributed by atoms with E-state index in [4.69, 9.17) is 0 Å². The number of anilines is 1. The first kappa shape index (κ1) is 15.2.